The van der Waals surface area contributed by atoms with E-state index in [1.807, 2.05) is 11.7 Å². The summed E-state index contributed by atoms with van der Waals surface area (Å²) in [6.07, 6.45) is 4.52. The lowest BCUT2D eigenvalue weighted by atomic mass is 10.1. The summed E-state index contributed by atoms with van der Waals surface area (Å²) in [7, 11) is 0. The Morgan fingerprint density at radius 2 is 2.56 bits per heavy atom. The molecule has 4 heteroatoms. The molecule has 2 rings (SSSR count). The smallest absolute Gasteiger partial charge is 0.0794 e. The van der Waals surface area contributed by atoms with E-state index in [0.717, 1.165) is 6.54 Å². The zero-order chi connectivity index (χ0) is 11.4. The van der Waals surface area contributed by atoms with Gasteiger partial charge in [0.2, 0.25) is 0 Å². The minimum absolute atomic E-state index is 0.511. The third-order valence-corrected chi connectivity index (χ3v) is 4.29. The molecule has 0 saturated carbocycles. The summed E-state index contributed by atoms with van der Waals surface area (Å²) in [5.41, 5.74) is 1.93. The molecule has 0 spiro atoms. The summed E-state index contributed by atoms with van der Waals surface area (Å²) in [5, 5.41) is 3.46. The molecule has 1 aromatic rings. The molecule has 0 aromatic carbocycles. The number of rotatable bonds is 5. The fourth-order valence-electron chi connectivity index (χ4n) is 2.47. The van der Waals surface area contributed by atoms with Crippen molar-refractivity contribution in [2.75, 3.05) is 19.6 Å². The maximum Gasteiger partial charge on any atom is 0.0794 e. The van der Waals surface area contributed by atoms with Crippen molar-refractivity contribution in [3.8, 4) is 0 Å². The van der Waals surface area contributed by atoms with E-state index in [4.69, 9.17) is 0 Å². The molecule has 0 amide bonds. The van der Waals surface area contributed by atoms with E-state index in [1.165, 1.54) is 30.8 Å². The van der Waals surface area contributed by atoms with Crippen LogP contribution in [-0.4, -0.2) is 35.6 Å². The number of hydrogen-bond donors (Lipinski definition) is 1. The zero-order valence-corrected chi connectivity index (χ0v) is 11.0. The van der Waals surface area contributed by atoms with Crippen LogP contribution in [0.15, 0.2) is 11.7 Å². The largest absolute Gasteiger partial charge is 0.315 e. The number of aromatic nitrogens is 1. The van der Waals surface area contributed by atoms with Crippen LogP contribution in [0.3, 0.4) is 0 Å². The highest BCUT2D eigenvalue weighted by atomic mass is 32.1. The van der Waals surface area contributed by atoms with Crippen LogP contribution in [0.1, 0.15) is 37.6 Å². The van der Waals surface area contributed by atoms with E-state index in [0.29, 0.717) is 12.1 Å². The van der Waals surface area contributed by atoms with Crippen LogP contribution < -0.4 is 5.32 Å². The van der Waals surface area contributed by atoms with Gasteiger partial charge in [0.15, 0.2) is 0 Å². The molecule has 0 bridgehead atoms. The van der Waals surface area contributed by atoms with Gasteiger partial charge in [-0.05, 0) is 32.9 Å². The third kappa shape index (κ3) is 2.62. The topological polar surface area (TPSA) is 28.2 Å². The molecule has 16 heavy (non-hydrogen) atoms. The summed E-state index contributed by atoms with van der Waals surface area (Å²) in [6.45, 7) is 8.06. The molecule has 1 fully saturated rings. The number of nitrogens with one attached hydrogen (secondary N) is 1. The molecule has 90 valence electrons. The summed E-state index contributed by atoms with van der Waals surface area (Å²) < 4.78 is 0. The fraction of sp³-hybridized carbons (Fsp3) is 0.750. The Bertz CT molecular complexity index is 293. The minimum Gasteiger partial charge on any atom is -0.315 e. The van der Waals surface area contributed by atoms with Crippen molar-refractivity contribution < 1.29 is 0 Å². The van der Waals surface area contributed by atoms with E-state index in [-0.39, 0.29) is 0 Å². The molecule has 2 atom stereocenters. The summed E-state index contributed by atoms with van der Waals surface area (Å²) in [5.74, 6) is 0. The quantitative estimate of drug-likeness (QED) is 0.854. The first-order chi connectivity index (χ1) is 7.83. The molecular weight excluding hydrogens is 218 g/mol. The van der Waals surface area contributed by atoms with Crippen LogP contribution in [-0.2, 0) is 0 Å². The highest BCUT2D eigenvalue weighted by Gasteiger charge is 2.26. The van der Waals surface area contributed by atoms with Crippen molar-refractivity contribution in [1.29, 1.82) is 0 Å². The monoisotopic (exact) mass is 239 g/mol. The second-order valence-corrected chi connectivity index (χ2v) is 5.38. The Hall–Kier alpha value is -0.450. The van der Waals surface area contributed by atoms with Crippen molar-refractivity contribution >= 4 is 11.3 Å². The lowest BCUT2D eigenvalue weighted by molar-refractivity contribution is 0.155. The van der Waals surface area contributed by atoms with Gasteiger partial charge in [-0.25, -0.2) is 0 Å². The van der Waals surface area contributed by atoms with Crippen LogP contribution >= 0.6 is 11.3 Å². The van der Waals surface area contributed by atoms with Crippen LogP contribution in [0.2, 0.25) is 0 Å². The standard InChI is InChI=1S/C12H21N3S/c1-3-6-15(11-4-5-13-7-11)10(2)12-8-14-9-16-12/h8-11,13H,3-7H2,1-2H3. The van der Waals surface area contributed by atoms with Gasteiger partial charge < -0.3 is 5.32 Å². The van der Waals surface area contributed by atoms with Crippen LogP contribution in [0.5, 0.6) is 0 Å². The maximum atomic E-state index is 4.19. The van der Waals surface area contributed by atoms with E-state index < -0.39 is 0 Å². The van der Waals surface area contributed by atoms with Gasteiger partial charge in [0.25, 0.3) is 0 Å². The van der Waals surface area contributed by atoms with Gasteiger partial charge >= 0.3 is 0 Å². The van der Waals surface area contributed by atoms with Crippen molar-refractivity contribution in [2.45, 2.75) is 38.8 Å². The van der Waals surface area contributed by atoms with Gasteiger partial charge in [0.1, 0.15) is 0 Å². The fourth-order valence-corrected chi connectivity index (χ4v) is 3.17. The Balaban J connectivity index is 2.05. The molecular formula is C12H21N3S. The lowest BCUT2D eigenvalue weighted by Crippen LogP contribution is -2.39. The van der Waals surface area contributed by atoms with Gasteiger partial charge in [-0.1, -0.05) is 6.92 Å². The SMILES string of the molecule is CCCN(C1CCNC1)C(C)c1cncs1. The van der Waals surface area contributed by atoms with Crippen molar-refractivity contribution in [2.24, 2.45) is 0 Å². The molecule has 0 radical (unpaired) electrons. The number of hydrogen-bond acceptors (Lipinski definition) is 4. The Labute approximate surface area is 102 Å². The average molecular weight is 239 g/mol. The van der Waals surface area contributed by atoms with Gasteiger partial charge in [-0.15, -0.1) is 11.3 Å². The molecule has 2 unspecified atom stereocenters. The highest BCUT2D eigenvalue weighted by Crippen LogP contribution is 2.27. The molecule has 0 aliphatic carbocycles. The van der Waals surface area contributed by atoms with Gasteiger partial charge in [0.05, 0.1) is 5.51 Å². The average Bonchev–Trinajstić information content (AvgIpc) is 2.96. The summed E-state index contributed by atoms with van der Waals surface area (Å²) in [4.78, 5) is 8.21. The molecule has 2 heterocycles. The van der Waals surface area contributed by atoms with E-state index in [2.05, 4.69) is 29.0 Å². The number of thiazole rings is 1. The highest BCUT2D eigenvalue weighted by molar-refractivity contribution is 7.09. The maximum absolute atomic E-state index is 4.19. The molecule has 1 aliphatic heterocycles. The normalized spacial score (nSPS) is 22.8. The van der Waals surface area contributed by atoms with Crippen LogP contribution in [0.25, 0.3) is 0 Å². The predicted molar refractivity (Wildman–Crippen MR) is 68.8 cm³/mol. The second-order valence-electron chi connectivity index (χ2n) is 4.46. The minimum atomic E-state index is 0.511. The third-order valence-electron chi connectivity index (χ3n) is 3.35. The molecule has 1 aliphatic rings. The van der Waals surface area contributed by atoms with Gasteiger partial charge in [-0.3, -0.25) is 9.88 Å². The van der Waals surface area contributed by atoms with Crippen LogP contribution in [0.4, 0.5) is 0 Å². The lowest BCUT2D eigenvalue weighted by Gasteiger charge is -2.33. The molecule has 1 N–H and O–H groups in total. The first kappa shape index (κ1) is 12.0. The van der Waals surface area contributed by atoms with Crippen LogP contribution in [0, 0.1) is 0 Å². The van der Waals surface area contributed by atoms with Crippen molar-refractivity contribution in [3.05, 3.63) is 16.6 Å². The Morgan fingerprint density at radius 3 is 3.12 bits per heavy atom. The van der Waals surface area contributed by atoms with E-state index >= 15 is 0 Å². The molecule has 3 nitrogen and oxygen atoms in total. The van der Waals surface area contributed by atoms with E-state index in [9.17, 15) is 0 Å². The van der Waals surface area contributed by atoms with Crippen molar-refractivity contribution in [3.63, 3.8) is 0 Å². The first-order valence-corrected chi connectivity index (χ1v) is 7.05. The summed E-state index contributed by atoms with van der Waals surface area (Å²) >= 11 is 1.77. The first-order valence-electron chi connectivity index (χ1n) is 6.17. The molecule has 1 saturated heterocycles. The zero-order valence-electron chi connectivity index (χ0n) is 10.1. The second kappa shape index (κ2) is 5.75. The Kier molecular flexibility index (Phi) is 4.32. The van der Waals surface area contributed by atoms with Gasteiger partial charge in [-0.2, -0.15) is 0 Å². The number of nitrogens with zero attached hydrogens (tertiary/aromatic N) is 2. The predicted octanol–water partition coefficient (Wildman–Crippen LogP) is 2.28. The summed E-state index contributed by atoms with van der Waals surface area (Å²) in [6, 6.07) is 1.22. The van der Waals surface area contributed by atoms with Crippen molar-refractivity contribution in [1.82, 2.24) is 15.2 Å². The molecule has 1 aromatic heterocycles. The van der Waals surface area contributed by atoms with Gasteiger partial charge in [0, 0.05) is 29.7 Å². The Morgan fingerprint density at radius 1 is 1.69 bits per heavy atom. The van der Waals surface area contributed by atoms with E-state index in [1.54, 1.807) is 11.3 Å².